The molecule has 310 valence electrons. The number of para-hydroxylation sites is 2. The van der Waals surface area contributed by atoms with Gasteiger partial charge in [-0.2, -0.15) is 0 Å². The number of nitrogens with zero attached hydrogens (tertiary/aromatic N) is 1. The lowest BCUT2D eigenvalue weighted by molar-refractivity contribution is 0.730. The van der Waals surface area contributed by atoms with Crippen LogP contribution in [-0.2, 0) is 10.8 Å². The van der Waals surface area contributed by atoms with Crippen LogP contribution in [0.1, 0.15) is 55.6 Å². The molecule has 0 unspecified atom stereocenters. The summed E-state index contributed by atoms with van der Waals surface area (Å²) in [6.45, 7) is 4.60. The van der Waals surface area contributed by atoms with Crippen molar-refractivity contribution in [1.29, 1.82) is 0 Å². The van der Waals surface area contributed by atoms with Crippen LogP contribution in [0.15, 0.2) is 224 Å². The van der Waals surface area contributed by atoms with Crippen LogP contribution < -0.4 is 0 Å². The Labute approximate surface area is 388 Å². The number of benzene rings is 10. The molecule has 0 saturated carbocycles. The van der Waals surface area contributed by atoms with E-state index in [1.165, 1.54) is 120 Å². The Morgan fingerprint density at radius 2 is 0.788 bits per heavy atom. The summed E-state index contributed by atoms with van der Waals surface area (Å²) in [7, 11) is 0. The van der Waals surface area contributed by atoms with E-state index < -0.39 is 10.8 Å². The van der Waals surface area contributed by atoms with Crippen molar-refractivity contribution in [2.75, 3.05) is 0 Å². The van der Waals surface area contributed by atoms with E-state index in [2.05, 4.69) is 243 Å². The Bertz CT molecular complexity index is 3770. The van der Waals surface area contributed by atoms with Crippen molar-refractivity contribution in [3.05, 3.63) is 280 Å². The molecule has 66 heavy (non-hydrogen) atoms. The minimum absolute atomic E-state index is 0.478. The summed E-state index contributed by atoms with van der Waals surface area (Å²) in [5.74, 6) is 0. The van der Waals surface area contributed by atoms with Crippen molar-refractivity contribution in [2.45, 2.75) is 24.7 Å². The van der Waals surface area contributed by atoms with Crippen LogP contribution in [0, 0.1) is 13.8 Å². The number of aryl methyl sites for hydroxylation is 2. The van der Waals surface area contributed by atoms with Crippen molar-refractivity contribution < 1.29 is 0 Å². The molecule has 2 aliphatic carbocycles. The first-order valence-corrected chi connectivity index (χ1v) is 23.9. The Kier molecular flexibility index (Phi) is 7.89. The summed E-state index contributed by atoms with van der Waals surface area (Å²) < 4.78 is 5.10. The van der Waals surface area contributed by atoms with E-state index in [1.807, 2.05) is 11.3 Å². The summed E-state index contributed by atoms with van der Waals surface area (Å²) >= 11 is 1.90. The monoisotopic (exact) mass is 857 g/mol. The first kappa shape index (κ1) is 37.6. The molecular weight excluding hydrogens is 815 g/mol. The number of rotatable bonds is 6. The molecule has 12 aromatic rings. The SMILES string of the molecule is Cc1cc2c3c(c1)C(c1ccc(-c4cccc5c4sc4ccccc45)cc1)(c1ccc(-n4c5ccccc5c5ccccc54)cc1)c1cc(C)cc(c1-3)C2(c1ccccc1)c1ccccc1. The van der Waals surface area contributed by atoms with Crippen molar-refractivity contribution in [3.8, 4) is 27.9 Å². The fraction of sp³-hybridized carbons (Fsp3) is 0.0625. The zero-order chi connectivity index (χ0) is 43.7. The molecule has 0 bridgehead atoms. The molecule has 0 radical (unpaired) electrons. The van der Waals surface area contributed by atoms with Gasteiger partial charge < -0.3 is 4.57 Å². The Hall–Kier alpha value is -7.78. The third-order valence-electron chi connectivity index (χ3n) is 15.0. The normalized spacial score (nSPS) is 14.2. The quantitative estimate of drug-likeness (QED) is 0.157. The van der Waals surface area contributed by atoms with Gasteiger partial charge in [-0.1, -0.05) is 205 Å². The first-order valence-electron chi connectivity index (χ1n) is 23.1. The Morgan fingerprint density at radius 1 is 0.364 bits per heavy atom. The van der Waals surface area contributed by atoms with E-state index in [9.17, 15) is 0 Å². The summed E-state index contributed by atoms with van der Waals surface area (Å²) in [4.78, 5) is 0. The zero-order valence-corrected chi connectivity index (χ0v) is 37.5. The average molecular weight is 858 g/mol. The minimum Gasteiger partial charge on any atom is -0.309 e. The Balaban J connectivity index is 1.05. The maximum absolute atomic E-state index is 2.51. The van der Waals surface area contributed by atoms with E-state index in [4.69, 9.17) is 0 Å². The second kappa shape index (κ2) is 13.9. The largest absolute Gasteiger partial charge is 0.309 e. The fourth-order valence-electron chi connectivity index (χ4n) is 12.5. The van der Waals surface area contributed by atoms with Gasteiger partial charge in [0.05, 0.1) is 21.9 Å². The number of fused-ring (bicyclic) bond motifs is 6. The van der Waals surface area contributed by atoms with Crippen LogP contribution in [-0.4, -0.2) is 4.57 Å². The highest BCUT2D eigenvalue weighted by Gasteiger charge is 2.56. The van der Waals surface area contributed by atoms with Crippen LogP contribution in [0.25, 0.3) is 69.9 Å². The van der Waals surface area contributed by atoms with Gasteiger partial charge >= 0.3 is 0 Å². The molecule has 10 aromatic carbocycles. The molecule has 2 aromatic heterocycles. The van der Waals surface area contributed by atoms with Gasteiger partial charge in [-0.05, 0) is 111 Å². The van der Waals surface area contributed by atoms with Gasteiger partial charge in [0.1, 0.15) is 0 Å². The zero-order valence-electron chi connectivity index (χ0n) is 36.7. The van der Waals surface area contributed by atoms with Crippen LogP contribution in [0.5, 0.6) is 0 Å². The molecule has 14 rings (SSSR count). The first-order chi connectivity index (χ1) is 32.5. The van der Waals surface area contributed by atoms with Gasteiger partial charge in [0, 0.05) is 36.6 Å². The molecule has 0 atom stereocenters. The van der Waals surface area contributed by atoms with E-state index in [0.29, 0.717) is 0 Å². The lowest BCUT2D eigenvalue weighted by atomic mass is 9.62. The molecule has 0 spiro atoms. The van der Waals surface area contributed by atoms with Crippen LogP contribution in [0.4, 0.5) is 0 Å². The molecule has 0 amide bonds. The molecule has 2 heterocycles. The predicted octanol–water partition coefficient (Wildman–Crippen LogP) is 16.5. The highest BCUT2D eigenvalue weighted by Crippen LogP contribution is 2.67. The van der Waals surface area contributed by atoms with Crippen molar-refractivity contribution in [3.63, 3.8) is 0 Å². The van der Waals surface area contributed by atoms with Gasteiger partial charge in [0.25, 0.3) is 0 Å². The number of thiophene rings is 1. The lowest BCUT2D eigenvalue weighted by Gasteiger charge is -2.39. The van der Waals surface area contributed by atoms with Gasteiger partial charge in [-0.15, -0.1) is 11.3 Å². The van der Waals surface area contributed by atoms with Gasteiger partial charge in [0.15, 0.2) is 0 Å². The van der Waals surface area contributed by atoms with Crippen molar-refractivity contribution >= 4 is 53.3 Å². The number of hydrogen-bond donors (Lipinski definition) is 0. The van der Waals surface area contributed by atoms with Crippen LogP contribution in [0.2, 0.25) is 0 Å². The molecule has 1 nitrogen and oxygen atoms in total. The molecular formula is C64H43NS. The molecule has 0 aliphatic heterocycles. The van der Waals surface area contributed by atoms with Gasteiger partial charge in [0.2, 0.25) is 0 Å². The lowest BCUT2D eigenvalue weighted by Crippen LogP contribution is -2.33. The number of aromatic nitrogens is 1. The smallest absolute Gasteiger partial charge is 0.0714 e. The molecule has 2 heteroatoms. The van der Waals surface area contributed by atoms with E-state index in [0.717, 1.165) is 5.69 Å². The van der Waals surface area contributed by atoms with Gasteiger partial charge in [-0.25, -0.2) is 0 Å². The van der Waals surface area contributed by atoms with Crippen molar-refractivity contribution in [1.82, 2.24) is 4.57 Å². The number of hydrogen-bond acceptors (Lipinski definition) is 1. The van der Waals surface area contributed by atoms with Crippen molar-refractivity contribution in [2.24, 2.45) is 0 Å². The molecule has 0 saturated heterocycles. The van der Waals surface area contributed by atoms with E-state index >= 15 is 0 Å². The van der Waals surface area contributed by atoms with E-state index in [-0.39, 0.29) is 0 Å². The maximum atomic E-state index is 2.51. The molecule has 0 N–H and O–H groups in total. The third-order valence-corrected chi connectivity index (χ3v) is 16.2. The predicted molar refractivity (Wildman–Crippen MR) is 278 cm³/mol. The molecule has 0 fully saturated rings. The summed E-state index contributed by atoms with van der Waals surface area (Å²) in [5.41, 5.74) is 20.9. The average Bonchev–Trinajstić information content (AvgIpc) is 4.09. The van der Waals surface area contributed by atoms with Crippen LogP contribution >= 0.6 is 11.3 Å². The highest BCUT2D eigenvalue weighted by molar-refractivity contribution is 7.26. The Morgan fingerprint density at radius 3 is 1.32 bits per heavy atom. The standard InChI is InChI=1S/C64H43NS/c1-40-36-53-60-55(38-40)64(45-30-28-42(29-31-45)48-23-15-24-52-51-22-11-14-27-59(51)66-62(48)52,46-32-34-47(35-33-46)65-57-25-12-9-20-49(57)50-21-10-13-26-58(50)65)56-39-41(2)37-54(61(56)60)63(53,43-16-5-3-6-17-43)44-18-7-4-8-19-44/h3-39H,1-2H3. The van der Waals surface area contributed by atoms with E-state index in [1.54, 1.807) is 0 Å². The topological polar surface area (TPSA) is 4.93 Å². The third kappa shape index (κ3) is 4.89. The second-order valence-electron chi connectivity index (χ2n) is 18.5. The van der Waals surface area contributed by atoms with Gasteiger partial charge in [-0.3, -0.25) is 0 Å². The van der Waals surface area contributed by atoms with Crippen LogP contribution in [0.3, 0.4) is 0 Å². The summed E-state index contributed by atoms with van der Waals surface area (Å²) in [5, 5.41) is 5.19. The fourth-order valence-corrected chi connectivity index (χ4v) is 13.7. The minimum atomic E-state index is -0.590. The second-order valence-corrected chi connectivity index (χ2v) is 19.5. The molecule has 2 aliphatic rings. The maximum Gasteiger partial charge on any atom is 0.0714 e. The highest BCUT2D eigenvalue weighted by atomic mass is 32.1. The summed E-state index contributed by atoms with van der Waals surface area (Å²) in [6.07, 6.45) is 0. The summed E-state index contributed by atoms with van der Waals surface area (Å²) in [6, 6.07) is 84.9.